The Bertz CT molecular complexity index is 1570. The number of hydrogen-bond acceptors (Lipinski definition) is 7. The predicted octanol–water partition coefficient (Wildman–Crippen LogP) is 6.35. The number of fused-ring (bicyclic) bond motifs is 1. The van der Waals surface area contributed by atoms with Crippen LogP contribution in [0.25, 0.3) is 10.1 Å². The topological polar surface area (TPSA) is 91.3 Å². The zero-order valence-corrected chi connectivity index (χ0v) is 24.4. The highest BCUT2D eigenvalue weighted by Crippen LogP contribution is 2.40. The summed E-state index contributed by atoms with van der Waals surface area (Å²) in [5.41, 5.74) is 1.52. The van der Waals surface area contributed by atoms with E-state index in [2.05, 4.69) is 22.5 Å². The number of hydrogen-bond donors (Lipinski definition) is 3. The lowest BCUT2D eigenvalue weighted by molar-refractivity contribution is -0.126. The lowest BCUT2D eigenvalue weighted by Gasteiger charge is -2.25. The molecule has 3 N–H and O–H groups in total. The van der Waals surface area contributed by atoms with Gasteiger partial charge in [-0.25, -0.2) is 4.21 Å². The van der Waals surface area contributed by atoms with Crippen molar-refractivity contribution in [2.45, 2.75) is 31.5 Å². The number of benzene rings is 2. The van der Waals surface area contributed by atoms with Gasteiger partial charge < -0.3 is 19.9 Å². The third-order valence-corrected chi connectivity index (χ3v) is 11.0. The molecule has 1 saturated heterocycles. The third kappa shape index (κ3) is 7.50. The fourth-order valence-corrected chi connectivity index (χ4v) is 8.03. The molecule has 39 heavy (non-hydrogen) atoms. The second kappa shape index (κ2) is 11.4. The van der Waals surface area contributed by atoms with Gasteiger partial charge >= 0.3 is 6.18 Å². The van der Waals surface area contributed by atoms with Crippen molar-refractivity contribution in [2.75, 3.05) is 49.1 Å². The van der Waals surface area contributed by atoms with E-state index >= 15 is 0 Å². The summed E-state index contributed by atoms with van der Waals surface area (Å²) in [6.07, 6.45) is -4.31. The minimum Gasteiger partial charge on any atom is -0.495 e. The van der Waals surface area contributed by atoms with Crippen molar-refractivity contribution in [1.29, 1.82) is 4.78 Å². The second-order valence-electron chi connectivity index (χ2n) is 9.91. The van der Waals surface area contributed by atoms with Gasteiger partial charge in [-0.3, -0.25) is 4.78 Å². The van der Waals surface area contributed by atoms with Crippen LogP contribution in [-0.2, 0) is 20.7 Å². The van der Waals surface area contributed by atoms with Crippen LogP contribution in [0.15, 0.2) is 36.4 Å². The molecule has 4 rings (SSSR count). The molecule has 1 aliphatic heterocycles. The molecular weight excluding hydrogens is 566 g/mol. The number of methoxy groups -OCH3 is 1. The molecule has 6 nitrogen and oxygen atoms in total. The van der Waals surface area contributed by atoms with E-state index in [1.165, 1.54) is 18.4 Å². The van der Waals surface area contributed by atoms with E-state index in [-0.39, 0.29) is 18.2 Å². The summed E-state index contributed by atoms with van der Waals surface area (Å²) in [5, 5.41) is 7.74. The molecular formula is C27H31F3N3O3PS2. The van der Waals surface area contributed by atoms with Crippen molar-refractivity contribution in [3.63, 3.8) is 0 Å². The first-order valence-electron chi connectivity index (χ1n) is 12.3. The highest BCUT2D eigenvalue weighted by Gasteiger charge is 2.31. The van der Waals surface area contributed by atoms with E-state index in [9.17, 15) is 21.9 Å². The van der Waals surface area contributed by atoms with Crippen LogP contribution in [0.4, 0.5) is 24.5 Å². The Balaban J connectivity index is 1.59. The Labute approximate surface area is 231 Å². The van der Waals surface area contributed by atoms with Crippen molar-refractivity contribution >= 4 is 55.0 Å². The molecule has 12 heteroatoms. The summed E-state index contributed by atoms with van der Waals surface area (Å²) < 4.78 is 78.9. The standard InChI is InChI=1S/C27H31F3N3O3PS2/c1-36-24-16-19(37(2,3)34)9-10-22(24)32-13-5-8-25-21(17-27(28,29)30)20-6-4-7-23(26(20)38-25)33-18-11-14-39(31,35)15-12-18/h4,6-7,9-10,16,18,31-33H,11-15,17H2,1-3H3. The van der Waals surface area contributed by atoms with E-state index in [1.807, 2.05) is 6.07 Å². The third-order valence-electron chi connectivity index (χ3n) is 6.52. The lowest BCUT2D eigenvalue weighted by Crippen LogP contribution is -2.31. The van der Waals surface area contributed by atoms with Gasteiger partial charge in [0.25, 0.3) is 0 Å². The molecule has 1 fully saturated rings. The number of ether oxygens (including phenoxy) is 1. The van der Waals surface area contributed by atoms with E-state index in [0.29, 0.717) is 56.1 Å². The van der Waals surface area contributed by atoms with Crippen LogP contribution < -0.4 is 20.7 Å². The minimum atomic E-state index is -4.39. The number of rotatable bonds is 7. The molecule has 0 radical (unpaired) electrons. The molecule has 2 heterocycles. The maximum absolute atomic E-state index is 13.5. The number of alkyl halides is 3. The van der Waals surface area contributed by atoms with Crippen molar-refractivity contribution in [3.8, 4) is 17.6 Å². The van der Waals surface area contributed by atoms with Gasteiger partial charge in [-0.1, -0.05) is 24.0 Å². The zero-order valence-electron chi connectivity index (χ0n) is 21.9. The number of thiophene rings is 1. The molecule has 3 aromatic rings. The Morgan fingerprint density at radius 2 is 1.90 bits per heavy atom. The van der Waals surface area contributed by atoms with Gasteiger partial charge in [0.2, 0.25) is 0 Å². The largest absolute Gasteiger partial charge is 0.495 e. The van der Waals surface area contributed by atoms with Crippen molar-refractivity contribution in [2.24, 2.45) is 0 Å². The first-order chi connectivity index (χ1) is 18.3. The van der Waals surface area contributed by atoms with Gasteiger partial charge in [0, 0.05) is 32.6 Å². The summed E-state index contributed by atoms with van der Waals surface area (Å²) in [5.74, 6) is 7.03. The average molecular weight is 598 g/mol. The Morgan fingerprint density at radius 3 is 2.54 bits per heavy atom. The fourth-order valence-electron chi connectivity index (χ4n) is 4.46. The molecule has 1 aromatic heterocycles. The second-order valence-corrected chi connectivity index (χ2v) is 16.6. The Hall–Kier alpha value is -2.67. The van der Waals surface area contributed by atoms with Crippen molar-refractivity contribution in [1.82, 2.24) is 0 Å². The molecule has 0 bridgehead atoms. The molecule has 0 unspecified atom stereocenters. The monoisotopic (exact) mass is 597 g/mol. The van der Waals surface area contributed by atoms with E-state index in [0.717, 1.165) is 5.69 Å². The minimum absolute atomic E-state index is 0.0121. The summed E-state index contributed by atoms with van der Waals surface area (Å²) in [6, 6.07) is 10.5. The fraction of sp³-hybridized carbons (Fsp3) is 0.407. The maximum atomic E-state index is 13.5. The van der Waals surface area contributed by atoms with Gasteiger partial charge in [0.1, 0.15) is 12.9 Å². The molecule has 0 saturated carbocycles. The summed E-state index contributed by atoms with van der Waals surface area (Å²) >= 11 is 1.22. The Kier molecular flexibility index (Phi) is 8.60. The highest BCUT2D eigenvalue weighted by molar-refractivity contribution is 7.92. The van der Waals surface area contributed by atoms with E-state index in [4.69, 9.17) is 9.52 Å². The normalized spacial score (nSPS) is 19.8. The van der Waals surface area contributed by atoms with Crippen LogP contribution in [0.3, 0.4) is 0 Å². The van der Waals surface area contributed by atoms with E-state index in [1.54, 1.807) is 43.7 Å². The van der Waals surface area contributed by atoms with Crippen LogP contribution in [0.2, 0.25) is 0 Å². The van der Waals surface area contributed by atoms with Crippen molar-refractivity contribution in [3.05, 3.63) is 46.8 Å². The number of nitrogens with one attached hydrogen (secondary N) is 3. The zero-order chi connectivity index (χ0) is 28.4. The van der Waals surface area contributed by atoms with Crippen LogP contribution in [-0.4, -0.2) is 54.9 Å². The van der Waals surface area contributed by atoms with Gasteiger partial charge in [-0.05, 0) is 61.4 Å². The van der Waals surface area contributed by atoms with Crippen LogP contribution in [0.1, 0.15) is 23.3 Å². The predicted molar refractivity (Wildman–Crippen MR) is 156 cm³/mol. The molecule has 0 aliphatic carbocycles. The lowest BCUT2D eigenvalue weighted by atomic mass is 10.1. The van der Waals surface area contributed by atoms with Gasteiger partial charge in [-0.2, -0.15) is 13.2 Å². The average Bonchev–Trinajstić information content (AvgIpc) is 3.19. The Morgan fingerprint density at radius 1 is 1.18 bits per heavy atom. The van der Waals surface area contributed by atoms with Gasteiger partial charge in [0.15, 0.2) is 0 Å². The summed E-state index contributed by atoms with van der Waals surface area (Å²) in [6.45, 7) is 3.52. The van der Waals surface area contributed by atoms with Gasteiger partial charge in [-0.15, -0.1) is 11.3 Å². The highest BCUT2D eigenvalue weighted by atomic mass is 32.2. The summed E-state index contributed by atoms with van der Waals surface area (Å²) in [7, 11) is -3.48. The quantitative estimate of drug-likeness (QED) is 0.218. The van der Waals surface area contributed by atoms with Crippen molar-refractivity contribution < 1.29 is 26.7 Å². The molecule has 2 aromatic carbocycles. The first kappa shape index (κ1) is 29.3. The smallest absolute Gasteiger partial charge is 0.393 e. The SMILES string of the molecule is COc1cc(P(C)(C)=O)ccc1NCC#Cc1sc2c(NC3CCS(=N)(=O)CC3)cccc2c1CC(F)(F)F. The maximum Gasteiger partial charge on any atom is 0.393 e. The molecule has 0 amide bonds. The first-order valence-corrected chi connectivity index (χ1v) is 17.7. The molecule has 210 valence electrons. The molecule has 1 aliphatic rings. The van der Waals surface area contributed by atoms with Crippen LogP contribution >= 0.6 is 18.5 Å². The van der Waals surface area contributed by atoms with Crippen LogP contribution in [0.5, 0.6) is 5.75 Å². The molecule has 0 atom stereocenters. The summed E-state index contributed by atoms with van der Waals surface area (Å²) in [4.78, 5) is 0.358. The number of anilines is 2. The van der Waals surface area contributed by atoms with Crippen LogP contribution in [0, 0.1) is 16.6 Å². The van der Waals surface area contributed by atoms with Gasteiger partial charge in [0.05, 0.1) is 41.0 Å². The molecule has 0 spiro atoms. The van der Waals surface area contributed by atoms with E-state index < -0.39 is 29.5 Å². The number of halogens is 3.